The van der Waals surface area contributed by atoms with E-state index in [0.717, 1.165) is 27.8 Å². The van der Waals surface area contributed by atoms with Crippen LogP contribution < -0.4 is 5.43 Å². The predicted octanol–water partition coefficient (Wildman–Crippen LogP) is 3.10. The highest BCUT2D eigenvalue weighted by molar-refractivity contribution is 8.14. The molecule has 3 rings (SSSR count). The van der Waals surface area contributed by atoms with E-state index in [1.165, 1.54) is 20.3 Å². The van der Waals surface area contributed by atoms with Gasteiger partial charge in [0.1, 0.15) is 0 Å². The number of aliphatic imine (C=N–C) groups is 1. The molecular formula is C23H28N4O5S. The van der Waals surface area contributed by atoms with Crippen molar-refractivity contribution in [1.82, 2.24) is 9.99 Å². The zero-order chi connectivity index (χ0) is 24.1. The van der Waals surface area contributed by atoms with Crippen molar-refractivity contribution in [2.24, 2.45) is 10.1 Å². The number of amidine groups is 1. The van der Waals surface area contributed by atoms with Gasteiger partial charge in [0.2, 0.25) is 0 Å². The summed E-state index contributed by atoms with van der Waals surface area (Å²) in [6.45, 7) is 6.46. The van der Waals surface area contributed by atoms with Crippen molar-refractivity contribution in [2.45, 2.75) is 26.8 Å². The van der Waals surface area contributed by atoms with Crippen molar-refractivity contribution in [1.29, 1.82) is 0 Å². The molecule has 0 saturated heterocycles. The Morgan fingerprint density at radius 2 is 1.76 bits per heavy atom. The molecule has 0 bridgehead atoms. The fraction of sp³-hybridized carbons (Fsp3) is 0.391. The molecule has 0 amide bonds. The van der Waals surface area contributed by atoms with Crippen LogP contribution in [0.1, 0.15) is 44.6 Å². The maximum Gasteiger partial charge on any atom is 0.337 e. The van der Waals surface area contributed by atoms with Crippen molar-refractivity contribution in [3.8, 4) is 5.69 Å². The molecule has 2 heterocycles. The summed E-state index contributed by atoms with van der Waals surface area (Å²) in [7, 11) is 4.26. The van der Waals surface area contributed by atoms with E-state index in [1.807, 2.05) is 31.4 Å². The van der Waals surface area contributed by atoms with Gasteiger partial charge in [0.05, 0.1) is 43.7 Å². The minimum atomic E-state index is -0.531. The fourth-order valence-electron chi connectivity index (χ4n) is 3.66. The van der Waals surface area contributed by atoms with Crippen molar-refractivity contribution < 1.29 is 23.8 Å². The summed E-state index contributed by atoms with van der Waals surface area (Å²) in [6.07, 6.45) is 0. The molecule has 1 aromatic heterocycles. The average Bonchev–Trinajstić information content (AvgIpc) is 3.11. The highest BCUT2D eigenvalue weighted by Crippen LogP contribution is 2.26. The number of carbonyl (C=O) groups excluding carboxylic acids is 2. The van der Waals surface area contributed by atoms with E-state index in [9.17, 15) is 9.59 Å². The second-order valence-electron chi connectivity index (χ2n) is 7.57. The number of hydrogen-bond donors (Lipinski definition) is 1. The second kappa shape index (κ2) is 10.7. The summed E-state index contributed by atoms with van der Waals surface area (Å²) < 4.78 is 16.8. The Bertz CT molecular complexity index is 1090. The minimum Gasteiger partial charge on any atom is -0.465 e. The normalized spacial score (nSPS) is 15.6. The zero-order valence-electron chi connectivity index (χ0n) is 19.6. The van der Waals surface area contributed by atoms with Gasteiger partial charge >= 0.3 is 11.9 Å². The molecule has 1 aromatic carbocycles. The number of nitrogens with zero attached hydrogens (tertiary/aromatic N) is 3. The number of rotatable bonds is 7. The Morgan fingerprint density at radius 3 is 2.27 bits per heavy atom. The molecule has 1 atom stereocenters. The highest BCUT2D eigenvalue weighted by Gasteiger charge is 2.21. The van der Waals surface area contributed by atoms with Crippen LogP contribution in [0.25, 0.3) is 5.69 Å². The van der Waals surface area contributed by atoms with Crippen molar-refractivity contribution in [3.63, 3.8) is 0 Å². The molecular weight excluding hydrogens is 444 g/mol. The first-order valence-corrected chi connectivity index (χ1v) is 11.3. The maximum absolute atomic E-state index is 12.2. The Kier molecular flexibility index (Phi) is 7.93. The van der Waals surface area contributed by atoms with Crippen LogP contribution in [-0.2, 0) is 14.2 Å². The number of hydrazone groups is 1. The van der Waals surface area contributed by atoms with Crippen LogP contribution >= 0.6 is 11.8 Å². The maximum atomic E-state index is 12.2. The lowest BCUT2D eigenvalue weighted by atomic mass is 10.1. The van der Waals surface area contributed by atoms with Gasteiger partial charge in [-0.15, -0.1) is 0 Å². The van der Waals surface area contributed by atoms with Gasteiger partial charge in [0.15, 0.2) is 5.17 Å². The van der Waals surface area contributed by atoms with Gasteiger partial charge in [-0.25, -0.2) is 9.59 Å². The van der Waals surface area contributed by atoms with Crippen LogP contribution in [0.15, 0.2) is 34.4 Å². The van der Waals surface area contributed by atoms with E-state index >= 15 is 0 Å². The summed E-state index contributed by atoms with van der Waals surface area (Å²) >= 11 is 1.58. The highest BCUT2D eigenvalue weighted by atomic mass is 32.2. The Labute approximate surface area is 197 Å². The van der Waals surface area contributed by atoms with Gasteiger partial charge in [0, 0.05) is 35.5 Å². The SMILES string of the molecule is COCC(C)N=C1NN=C(c2cc(C)n(-c3cc(C(=O)OC)cc(C(=O)OC)c3)c2C)CS1. The summed E-state index contributed by atoms with van der Waals surface area (Å²) in [5.41, 5.74) is 7.94. The van der Waals surface area contributed by atoms with E-state index in [2.05, 4.69) is 15.5 Å². The summed E-state index contributed by atoms with van der Waals surface area (Å²) in [5, 5.41) is 5.29. The number of benzene rings is 1. The molecule has 0 radical (unpaired) electrons. The first-order chi connectivity index (χ1) is 15.8. The molecule has 33 heavy (non-hydrogen) atoms. The number of hydrogen-bond acceptors (Lipinski definition) is 8. The van der Waals surface area contributed by atoms with Crippen LogP contribution in [-0.4, -0.2) is 67.1 Å². The fourth-order valence-corrected chi connectivity index (χ4v) is 4.52. The van der Waals surface area contributed by atoms with Crippen molar-refractivity contribution >= 4 is 34.6 Å². The minimum absolute atomic E-state index is 0.0397. The molecule has 9 nitrogen and oxygen atoms in total. The molecule has 0 aliphatic carbocycles. The Balaban J connectivity index is 1.98. The third-order valence-corrected chi connectivity index (χ3v) is 6.03. The van der Waals surface area contributed by atoms with Crippen LogP contribution in [0.3, 0.4) is 0 Å². The lowest BCUT2D eigenvalue weighted by molar-refractivity contribution is 0.0599. The van der Waals surface area contributed by atoms with E-state index in [1.54, 1.807) is 31.0 Å². The summed E-state index contributed by atoms with van der Waals surface area (Å²) in [4.78, 5) is 29.0. The number of esters is 2. The third-order valence-electron chi connectivity index (χ3n) is 5.14. The van der Waals surface area contributed by atoms with E-state index in [-0.39, 0.29) is 17.2 Å². The van der Waals surface area contributed by atoms with E-state index < -0.39 is 11.9 Å². The number of methoxy groups -OCH3 is 3. The number of nitrogens with one attached hydrogen (secondary N) is 1. The van der Waals surface area contributed by atoms with Crippen LogP contribution in [0.4, 0.5) is 0 Å². The van der Waals surface area contributed by atoms with Gasteiger partial charge in [-0.2, -0.15) is 5.10 Å². The number of carbonyl (C=O) groups is 2. The van der Waals surface area contributed by atoms with Gasteiger partial charge in [-0.1, -0.05) is 11.8 Å². The first kappa shape index (κ1) is 24.5. The van der Waals surface area contributed by atoms with E-state index in [0.29, 0.717) is 18.0 Å². The zero-order valence-corrected chi connectivity index (χ0v) is 20.4. The number of aromatic nitrogens is 1. The smallest absolute Gasteiger partial charge is 0.337 e. The average molecular weight is 473 g/mol. The van der Waals surface area contributed by atoms with E-state index in [4.69, 9.17) is 14.2 Å². The molecule has 0 fully saturated rings. The lowest BCUT2D eigenvalue weighted by Crippen LogP contribution is -2.27. The molecule has 10 heteroatoms. The Hall–Kier alpha value is -3.11. The first-order valence-electron chi connectivity index (χ1n) is 10.3. The lowest BCUT2D eigenvalue weighted by Gasteiger charge is -2.17. The van der Waals surface area contributed by atoms with Gasteiger partial charge in [-0.05, 0) is 45.0 Å². The number of aryl methyl sites for hydroxylation is 1. The molecule has 0 saturated carbocycles. The molecule has 176 valence electrons. The van der Waals surface area contributed by atoms with Gasteiger partial charge in [0.25, 0.3) is 0 Å². The Morgan fingerprint density at radius 1 is 1.12 bits per heavy atom. The van der Waals surface area contributed by atoms with Gasteiger partial charge < -0.3 is 18.8 Å². The molecule has 1 aliphatic rings. The molecule has 1 aliphatic heterocycles. The molecule has 1 unspecified atom stereocenters. The van der Waals surface area contributed by atoms with Crippen molar-refractivity contribution in [2.75, 3.05) is 33.7 Å². The second-order valence-corrected chi connectivity index (χ2v) is 8.53. The molecule has 0 spiro atoms. The molecule has 1 N–H and O–H groups in total. The van der Waals surface area contributed by atoms with Crippen LogP contribution in [0, 0.1) is 13.8 Å². The standard InChI is InChI=1S/C23H28N4O5S/c1-13(11-30-4)24-23-26-25-20(12-33-23)19-7-14(2)27(15(19)3)18-9-16(21(28)31-5)8-17(10-18)22(29)32-6/h7-10,13H,11-12H2,1-6H3,(H,24,26). The number of ether oxygens (including phenoxy) is 3. The number of thioether (sulfide) groups is 1. The van der Waals surface area contributed by atoms with Crippen LogP contribution in [0.5, 0.6) is 0 Å². The predicted molar refractivity (Wildman–Crippen MR) is 129 cm³/mol. The summed E-state index contributed by atoms with van der Waals surface area (Å²) in [6, 6.07) is 6.93. The van der Waals surface area contributed by atoms with Gasteiger partial charge in [-0.3, -0.25) is 10.4 Å². The molecule has 2 aromatic rings. The summed E-state index contributed by atoms with van der Waals surface area (Å²) in [5.74, 6) is -0.404. The monoisotopic (exact) mass is 472 g/mol. The topological polar surface area (TPSA) is 104 Å². The quantitative estimate of drug-likeness (QED) is 0.618. The largest absolute Gasteiger partial charge is 0.465 e. The van der Waals surface area contributed by atoms with Crippen molar-refractivity contribution in [3.05, 3.63) is 52.3 Å². The third kappa shape index (κ3) is 5.45. The van der Waals surface area contributed by atoms with Crippen LogP contribution in [0.2, 0.25) is 0 Å².